The van der Waals surface area contributed by atoms with Gasteiger partial charge in [0.15, 0.2) is 0 Å². The van der Waals surface area contributed by atoms with E-state index in [0.717, 1.165) is 25.7 Å². The van der Waals surface area contributed by atoms with Crippen molar-refractivity contribution in [3.63, 3.8) is 0 Å². The van der Waals surface area contributed by atoms with Crippen molar-refractivity contribution in [2.24, 2.45) is 28.6 Å². The van der Waals surface area contributed by atoms with Crippen molar-refractivity contribution in [1.82, 2.24) is 0 Å². The number of fused-ring (bicyclic) bond motifs is 2. The van der Waals surface area contributed by atoms with Crippen LogP contribution in [-0.2, 0) is 11.2 Å². The van der Waals surface area contributed by atoms with E-state index >= 15 is 0 Å². The molecule has 0 radical (unpaired) electrons. The van der Waals surface area contributed by atoms with Gasteiger partial charge >= 0.3 is 5.97 Å². The minimum atomic E-state index is -0.578. The van der Waals surface area contributed by atoms with E-state index in [9.17, 15) is 9.90 Å². The Hall–Kier alpha value is -1.83. The molecule has 0 bridgehead atoms. The molecule has 0 aliphatic heterocycles. The molecule has 0 amide bonds. The van der Waals surface area contributed by atoms with Gasteiger partial charge in [-0.1, -0.05) is 69.7 Å². The van der Waals surface area contributed by atoms with Crippen LogP contribution in [0.3, 0.4) is 0 Å². The Labute approximate surface area is 169 Å². The van der Waals surface area contributed by atoms with E-state index in [2.05, 4.69) is 63.2 Å². The molecule has 0 unspecified atom stereocenters. The normalized spacial score (nSPS) is 32.0. The number of benzene rings is 2. The lowest BCUT2D eigenvalue weighted by Gasteiger charge is -2.59. The van der Waals surface area contributed by atoms with E-state index in [1.807, 2.05) is 0 Å². The first-order valence-corrected chi connectivity index (χ1v) is 11.0. The number of carboxylic acid groups (broad SMARTS) is 1. The predicted molar refractivity (Wildman–Crippen MR) is 115 cm³/mol. The highest BCUT2D eigenvalue weighted by atomic mass is 16.4. The number of hydrogen-bond donors (Lipinski definition) is 1. The van der Waals surface area contributed by atoms with Crippen LogP contribution < -0.4 is 0 Å². The fraction of sp³-hybridized carbons (Fsp3) is 0.577. The molecule has 2 aliphatic carbocycles. The Balaban J connectivity index is 1.65. The van der Waals surface area contributed by atoms with Crippen molar-refractivity contribution >= 4 is 16.7 Å². The lowest BCUT2D eigenvalue weighted by Crippen LogP contribution is -2.53. The Kier molecular flexibility index (Phi) is 5.02. The highest BCUT2D eigenvalue weighted by Gasteiger charge is 2.55. The summed E-state index contributed by atoms with van der Waals surface area (Å²) < 4.78 is 0. The second kappa shape index (κ2) is 7.21. The highest BCUT2D eigenvalue weighted by Crippen LogP contribution is 2.62. The van der Waals surface area contributed by atoms with Gasteiger partial charge < -0.3 is 5.11 Å². The minimum absolute atomic E-state index is 0.146. The fourth-order valence-electron chi connectivity index (χ4n) is 6.99. The van der Waals surface area contributed by atoms with E-state index < -0.39 is 5.97 Å². The number of aliphatic carboxylic acids is 1. The number of aryl methyl sites for hydroxylation is 1. The summed E-state index contributed by atoms with van der Waals surface area (Å²) in [5.74, 6) is 0.139. The van der Waals surface area contributed by atoms with Gasteiger partial charge in [0.05, 0.1) is 5.92 Å². The Morgan fingerprint density at radius 3 is 2.57 bits per heavy atom. The molecule has 2 saturated carbocycles. The van der Waals surface area contributed by atoms with E-state index in [-0.39, 0.29) is 17.3 Å². The third kappa shape index (κ3) is 3.25. The van der Waals surface area contributed by atoms with Crippen molar-refractivity contribution in [2.45, 2.75) is 65.7 Å². The molecule has 2 fully saturated rings. The molecule has 2 aromatic carbocycles. The lowest BCUT2D eigenvalue weighted by atomic mass is 9.46. The van der Waals surface area contributed by atoms with Crippen LogP contribution in [0.15, 0.2) is 42.5 Å². The second-order valence-electron chi connectivity index (χ2n) is 10.2. The van der Waals surface area contributed by atoms with Gasteiger partial charge in [-0.2, -0.15) is 0 Å². The molecule has 1 N–H and O–H groups in total. The van der Waals surface area contributed by atoms with Gasteiger partial charge in [0, 0.05) is 0 Å². The minimum Gasteiger partial charge on any atom is -0.481 e. The third-order valence-corrected chi connectivity index (χ3v) is 8.30. The molecular weight excluding hydrogens is 344 g/mol. The zero-order chi connectivity index (χ0) is 19.9. The molecular formula is C26H34O2. The van der Waals surface area contributed by atoms with Crippen molar-refractivity contribution < 1.29 is 9.90 Å². The Bertz CT molecular complexity index is 862. The SMILES string of the molecule is CC1(C)CCC[C@]2(C)[C@@H](CCc3cccc4ccccc34)[C@@H](C(=O)O)CC[C@@H]12. The monoisotopic (exact) mass is 378 g/mol. The molecule has 150 valence electrons. The quantitative estimate of drug-likeness (QED) is 0.641. The largest absolute Gasteiger partial charge is 0.481 e. The topological polar surface area (TPSA) is 37.3 Å². The number of carboxylic acids is 1. The molecule has 2 nitrogen and oxygen atoms in total. The average molecular weight is 379 g/mol. The van der Waals surface area contributed by atoms with Crippen LogP contribution in [0.2, 0.25) is 0 Å². The van der Waals surface area contributed by atoms with Gasteiger partial charge in [0.1, 0.15) is 0 Å². The van der Waals surface area contributed by atoms with Crippen LogP contribution >= 0.6 is 0 Å². The van der Waals surface area contributed by atoms with Crippen LogP contribution in [-0.4, -0.2) is 11.1 Å². The van der Waals surface area contributed by atoms with Crippen LogP contribution in [0, 0.1) is 28.6 Å². The zero-order valence-corrected chi connectivity index (χ0v) is 17.6. The van der Waals surface area contributed by atoms with Crippen molar-refractivity contribution in [1.29, 1.82) is 0 Å². The molecule has 4 rings (SSSR count). The summed E-state index contributed by atoms with van der Waals surface area (Å²) in [4.78, 5) is 12.2. The second-order valence-corrected chi connectivity index (χ2v) is 10.2. The predicted octanol–water partition coefficient (Wildman–Crippen LogP) is 6.72. The maximum absolute atomic E-state index is 12.2. The van der Waals surface area contributed by atoms with E-state index in [1.165, 1.54) is 35.6 Å². The molecule has 28 heavy (non-hydrogen) atoms. The molecule has 0 saturated heterocycles. The van der Waals surface area contributed by atoms with Gasteiger partial charge in [-0.3, -0.25) is 4.79 Å². The maximum atomic E-state index is 12.2. The molecule has 0 spiro atoms. The lowest BCUT2D eigenvalue weighted by molar-refractivity contribution is -0.158. The first kappa shape index (κ1) is 19.5. The van der Waals surface area contributed by atoms with Crippen LogP contribution in [0.5, 0.6) is 0 Å². The number of rotatable bonds is 4. The molecule has 0 heterocycles. The molecule has 2 aromatic rings. The summed E-state index contributed by atoms with van der Waals surface area (Å²) in [6, 6.07) is 15.1. The van der Waals surface area contributed by atoms with Crippen molar-refractivity contribution in [2.75, 3.05) is 0 Å². The summed E-state index contributed by atoms with van der Waals surface area (Å²) >= 11 is 0. The van der Waals surface area contributed by atoms with E-state index in [0.29, 0.717) is 11.3 Å². The van der Waals surface area contributed by atoms with Crippen LogP contribution in [0.4, 0.5) is 0 Å². The van der Waals surface area contributed by atoms with Crippen molar-refractivity contribution in [3.8, 4) is 0 Å². The first-order valence-electron chi connectivity index (χ1n) is 11.0. The van der Waals surface area contributed by atoms with Crippen molar-refractivity contribution in [3.05, 3.63) is 48.0 Å². The van der Waals surface area contributed by atoms with Gasteiger partial charge in [0.2, 0.25) is 0 Å². The third-order valence-electron chi connectivity index (χ3n) is 8.30. The average Bonchev–Trinajstić information content (AvgIpc) is 2.65. The van der Waals surface area contributed by atoms with Gasteiger partial charge in [-0.15, -0.1) is 0 Å². The summed E-state index contributed by atoms with van der Waals surface area (Å²) in [5.41, 5.74) is 1.84. The highest BCUT2D eigenvalue weighted by molar-refractivity contribution is 5.85. The first-order chi connectivity index (χ1) is 13.3. The maximum Gasteiger partial charge on any atom is 0.306 e. The summed E-state index contributed by atoms with van der Waals surface area (Å²) in [7, 11) is 0. The molecule has 0 aromatic heterocycles. The van der Waals surface area contributed by atoms with E-state index in [4.69, 9.17) is 0 Å². The Morgan fingerprint density at radius 2 is 1.79 bits per heavy atom. The number of carbonyl (C=O) groups is 1. The molecule has 2 heteroatoms. The van der Waals surface area contributed by atoms with Gasteiger partial charge in [-0.05, 0) is 77.5 Å². The van der Waals surface area contributed by atoms with Gasteiger partial charge in [0.25, 0.3) is 0 Å². The standard InChI is InChI=1S/C26H34O2/c1-25(2)16-7-17-26(3)22(21(24(27)28)13-15-23(25)26)14-12-19-10-6-9-18-8-4-5-11-20(18)19/h4-6,8-11,21-23H,7,12-17H2,1-3H3,(H,27,28)/t21-,22-,23-,26+/m0/s1. The zero-order valence-electron chi connectivity index (χ0n) is 17.6. The summed E-state index contributed by atoms with van der Waals surface area (Å²) in [6.45, 7) is 7.25. The Morgan fingerprint density at radius 1 is 1.04 bits per heavy atom. The fourth-order valence-corrected chi connectivity index (χ4v) is 6.99. The van der Waals surface area contributed by atoms with Gasteiger partial charge in [-0.25, -0.2) is 0 Å². The van der Waals surface area contributed by atoms with E-state index in [1.54, 1.807) is 0 Å². The molecule has 4 atom stereocenters. The van der Waals surface area contributed by atoms with Crippen LogP contribution in [0.1, 0.15) is 64.9 Å². The summed E-state index contributed by atoms with van der Waals surface area (Å²) in [5, 5.41) is 12.6. The summed E-state index contributed by atoms with van der Waals surface area (Å²) in [6.07, 6.45) is 7.57. The van der Waals surface area contributed by atoms with Crippen LogP contribution in [0.25, 0.3) is 10.8 Å². The number of hydrogen-bond acceptors (Lipinski definition) is 1. The molecule has 2 aliphatic rings. The smallest absolute Gasteiger partial charge is 0.306 e.